The number of ether oxygens (including phenoxy) is 1. The number of aromatic nitrogens is 1. The van der Waals surface area contributed by atoms with Crippen LogP contribution in [-0.2, 0) is 21.2 Å². The van der Waals surface area contributed by atoms with Crippen molar-refractivity contribution in [2.24, 2.45) is 5.14 Å². The highest BCUT2D eigenvalue weighted by Gasteiger charge is 2.13. The van der Waals surface area contributed by atoms with E-state index >= 15 is 0 Å². The summed E-state index contributed by atoms with van der Waals surface area (Å²) < 4.78 is 28.2. The van der Waals surface area contributed by atoms with Gasteiger partial charge in [-0.3, -0.25) is 10.1 Å². The molecule has 0 fully saturated rings. The highest BCUT2D eigenvalue weighted by molar-refractivity contribution is 7.89. The number of benzene rings is 2. The Labute approximate surface area is 173 Å². The highest BCUT2D eigenvalue weighted by atomic mass is 32.2. The van der Waals surface area contributed by atoms with Crippen LogP contribution in [0.4, 0.5) is 5.13 Å². The minimum Gasteiger partial charge on any atom is -0.483 e. The number of hydrogen-bond acceptors (Lipinski definition) is 6. The summed E-state index contributed by atoms with van der Waals surface area (Å²) in [6, 6.07) is 13.9. The van der Waals surface area contributed by atoms with E-state index in [1.807, 2.05) is 38.1 Å². The van der Waals surface area contributed by atoms with Gasteiger partial charge in [0, 0.05) is 11.3 Å². The van der Waals surface area contributed by atoms with Crippen molar-refractivity contribution in [3.63, 3.8) is 0 Å². The molecule has 0 atom stereocenters. The third-order valence-corrected chi connectivity index (χ3v) is 6.21. The van der Waals surface area contributed by atoms with Crippen LogP contribution in [0.1, 0.15) is 21.7 Å². The first-order valence-corrected chi connectivity index (χ1v) is 11.1. The van der Waals surface area contributed by atoms with Gasteiger partial charge in [0.1, 0.15) is 5.75 Å². The first-order valence-electron chi connectivity index (χ1n) is 8.78. The number of carbonyl (C=O) groups excluding carboxylic acids is 1. The third kappa shape index (κ3) is 5.63. The number of amides is 1. The Morgan fingerprint density at radius 3 is 2.48 bits per heavy atom. The van der Waals surface area contributed by atoms with Crippen molar-refractivity contribution in [3.05, 3.63) is 70.2 Å². The molecule has 0 spiro atoms. The molecule has 1 amide bonds. The second-order valence-corrected chi connectivity index (χ2v) is 9.14. The van der Waals surface area contributed by atoms with Crippen molar-refractivity contribution in [2.75, 3.05) is 11.9 Å². The number of nitrogens with one attached hydrogen (secondary N) is 1. The van der Waals surface area contributed by atoms with Crippen LogP contribution in [0.15, 0.2) is 53.4 Å². The number of nitrogens with zero attached hydrogens (tertiary/aromatic N) is 1. The Bertz CT molecular complexity index is 1120. The molecule has 1 heterocycles. The van der Waals surface area contributed by atoms with Gasteiger partial charge in [-0.25, -0.2) is 18.5 Å². The molecule has 152 valence electrons. The van der Waals surface area contributed by atoms with Gasteiger partial charge in [-0.1, -0.05) is 30.3 Å². The van der Waals surface area contributed by atoms with E-state index in [0.29, 0.717) is 17.3 Å². The second-order valence-electron chi connectivity index (χ2n) is 6.50. The van der Waals surface area contributed by atoms with E-state index < -0.39 is 10.0 Å². The number of hydrogen-bond donors (Lipinski definition) is 2. The summed E-state index contributed by atoms with van der Waals surface area (Å²) >= 11 is 1.38. The molecule has 3 rings (SSSR count). The molecule has 0 saturated heterocycles. The molecule has 0 aliphatic heterocycles. The first kappa shape index (κ1) is 21.0. The number of rotatable bonds is 7. The second kappa shape index (κ2) is 8.73. The van der Waals surface area contributed by atoms with Crippen LogP contribution in [0.2, 0.25) is 0 Å². The fourth-order valence-corrected chi connectivity index (χ4v) is 4.17. The van der Waals surface area contributed by atoms with Crippen LogP contribution in [0.5, 0.6) is 5.75 Å². The van der Waals surface area contributed by atoms with E-state index in [2.05, 4.69) is 10.3 Å². The van der Waals surface area contributed by atoms with Crippen LogP contribution in [0.25, 0.3) is 0 Å². The van der Waals surface area contributed by atoms with Gasteiger partial charge in [-0.2, -0.15) is 0 Å². The summed E-state index contributed by atoms with van der Waals surface area (Å²) in [6.07, 6.45) is 0.573. The molecule has 3 N–H and O–H groups in total. The number of para-hydroxylation sites is 1. The number of sulfonamides is 1. The van der Waals surface area contributed by atoms with Crippen molar-refractivity contribution >= 4 is 32.4 Å². The van der Waals surface area contributed by atoms with E-state index in [9.17, 15) is 13.2 Å². The third-order valence-electron chi connectivity index (χ3n) is 4.21. The number of anilines is 1. The minimum atomic E-state index is -3.71. The number of nitrogens with two attached hydrogens (primary N) is 1. The Balaban J connectivity index is 1.61. The van der Waals surface area contributed by atoms with Crippen molar-refractivity contribution in [1.82, 2.24) is 4.98 Å². The van der Waals surface area contributed by atoms with Crippen LogP contribution in [0, 0.1) is 13.8 Å². The van der Waals surface area contributed by atoms with Gasteiger partial charge < -0.3 is 4.74 Å². The molecule has 29 heavy (non-hydrogen) atoms. The molecular weight excluding hydrogens is 410 g/mol. The highest BCUT2D eigenvalue weighted by Crippen LogP contribution is 2.26. The van der Waals surface area contributed by atoms with Crippen LogP contribution >= 0.6 is 11.3 Å². The summed E-state index contributed by atoms with van der Waals surface area (Å²) in [5.74, 6) is 0.382. The molecule has 1 aromatic heterocycles. The lowest BCUT2D eigenvalue weighted by Gasteiger charge is -2.08. The van der Waals surface area contributed by atoms with Crippen molar-refractivity contribution in [2.45, 2.75) is 25.2 Å². The zero-order valence-corrected chi connectivity index (χ0v) is 17.6. The van der Waals surface area contributed by atoms with Gasteiger partial charge in [0.25, 0.3) is 5.91 Å². The fraction of sp³-hybridized carbons (Fsp3) is 0.200. The molecule has 0 aliphatic carbocycles. The molecule has 0 saturated carbocycles. The van der Waals surface area contributed by atoms with E-state index in [-0.39, 0.29) is 17.4 Å². The SMILES string of the molecule is Cc1ccccc1OCC(=O)Nc1nc(C)c(Cc2ccc(S(N)(=O)=O)cc2)s1. The minimum absolute atomic E-state index is 0.0730. The van der Waals surface area contributed by atoms with Gasteiger partial charge in [0.05, 0.1) is 10.6 Å². The summed E-state index contributed by atoms with van der Waals surface area (Å²) in [5.41, 5.74) is 2.69. The fourth-order valence-electron chi connectivity index (χ4n) is 2.64. The summed E-state index contributed by atoms with van der Waals surface area (Å²) in [5, 5.41) is 8.37. The average Bonchev–Trinajstić information content (AvgIpc) is 2.99. The predicted molar refractivity (Wildman–Crippen MR) is 113 cm³/mol. The average molecular weight is 432 g/mol. The smallest absolute Gasteiger partial charge is 0.264 e. The number of carbonyl (C=O) groups is 1. The Morgan fingerprint density at radius 1 is 1.14 bits per heavy atom. The number of primary sulfonamides is 1. The lowest BCUT2D eigenvalue weighted by Crippen LogP contribution is -2.20. The van der Waals surface area contributed by atoms with Crippen LogP contribution < -0.4 is 15.2 Å². The maximum atomic E-state index is 12.2. The van der Waals surface area contributed by atoms with Crippen LogP contribution in [-0.4, -0.2) is 25.9 Å². The molecule has 2 aromatic carbocycles. The molecule has 3 aromatic rings. The summed E-state index contributed by atoms with van der Waals surface area (Å²) in [6.45, 7) is 3.68. The zero-order chi connectivity index (χ0) is 21.0. The van der Waals surface area contributed by atoms with Gasteiger partial charge in [0.2, 0.25) is 10.0 Å². The molecule has 9 heteroatoms. The normalized spacial score (nSPS) is 11.3. The molecule has 0 radical (unpaired) electrons. The lowest BCUT2D eigenvalue weighted by molar-refractivity contribution is -0.118. The topological polar surface area (TPSA) is 111 Å². The molecule has 0 aliphatic rings. The quantitative estimate of drug-likeness (QED) is 0.597. The largest absolute Gasteiger partial charge is 0.483 e. The van der Waals surface area contributed by atoms with E-state index in [1.165, 1.54) is 23.5 Å². The standard InChI is InChI=1S/C20H21N3O4S2/c1-13-5-3-4-6-17(13)27-12-19(24)23-20-22-14(2)18(28-20)11-15-7-9-16(10-8-15)29(21,25)26/h3-10H,11-12H2,1-2H3,(H2,21,25,26)(H,22,23,24). The molecular formula is C20H21N3O4S2. The number of thiazole rings is 1. The Morgan fingerprint density at radius 2 is 1.83 bits per heavy atom. The Kier molecular flexibility index (Phi) is 6.31. The lowest BCUT2D eigenvalue weighted by atomic mass is 10.1. The van der Waals surface area contributed by atoms with Gasteiger partial charge in [-0.15, -0.1) is 11.3 Å². The van der Waals surface area contributed by atoms with Crippen LogP contribution in [0.3, 0.4) is 0 Å². The van der Waals surface area contributed by atoms with E-state index in [1.54, 1.807) is 12.1 Å². The van der Waals surface area contributed by atoms with Gasteiger partial charge in [0.15, 0.2) is 11.7 Å². The first-order chi connectivity index (χ1) is 13.7. The van der Waals surface area contributed by atoms with Crippen molar-refractivity contribution in [3.8, 4) is 5.75 Å². The molecule has 7 nitrogen and oxygen atoms in total. The molecule has 0 unspecified atom stereocenters. The van der Waals surface area contributed by atoms with Gasteiger partial charge in [-0.05, 0) is 43.2 Å². The monoisotopic (exact) mass is 431 g/mol. The molecule has 0 bridgehead atoms. The predicted octanol–water partition coefficient (Wildman–Crippen LogP) is 3.02. The van der Waals surface area contributed by atoms with E-state index in [0.717, 1.165) is 21.7 Å². The summed E-state index contributed by atoms with van der Waals surface area (Å²) in [4.78, 5) is 17.6. The van der Waals surface area contributed by atoms with Gasteiger partial charge >= 0.3 is 0 Å². The Hall–Kier alpha value is -2.75. The van der Waals surface area contributed by atoms with E-state index in [4.69, 9.17) is 9.88 Å². The maximum absolute atomic E-state index is 12.2. The summed E-state index contributed by atoms with van der Waals surface area (Å²) in [7, 11) is -3.71. The zero-order valence-electron chi connectivity index (χ0n) is 16.0. The van der Waals surface area contributed by atoms with Crippen molar-refractivity contribution < 1.29 is 17.9 Å². The van der Waals surface area contributed by atoms with Crippen molar-refractivity contribution in [1.29, 1.82) is 0 Å². The maximum Gasteiger partial charge on any atom is 0.264 e. The number of aryl methyl sites for hydroxylation is 2.